The molecule has 0 aliphatic carbocycles. The molecule has 0 aromatic carbocycles. The van der Waals surface area contributed by atoms with Gasteiger partial charge in [0.15, 0.2) is 0 Å². The number of rotatable bonds is 30. The highest BCUT2D eigenvalue weighted by molar-refractivity contribution is 5.69. The Labute approximate surface area is 237 Å². The number of esters is 1. The van der Waals surface area contributed by atoms with Crippen LogP contribution in [0.1, 0.15) is 188 Å². The Morgan fingerprint density at radius 2 is 0.947 bits per heavy atom. The molecule has 0 rings (SSSR count). The topological polar surface area (TPSA) is 63.6 Å². The molecule has 38 heavy (non-hydrogen) atoms. The molecule has 2 unspecified atom stereocenters. The third-order valence-electron chi connectivity index (χ3n) is 8.31. The van der Waals surface area contributed by atoms with Crippen molar-refractivity contribution in [2.24, 2.45) is 11.8 Å². The van der Waals surface area contributed by atoms with Crippen LogP contribution in [0.2, 0.25) is 0 Å². The van der Waals surface area contributed by atoms with E-state index in [1.165, 1.54) is 122 Å². The van der Waals surface area contributed by atoms with Gasteiger partial charge in [-0.25, -0.2) is 0 Å². The van der Waals surface area contributed by atoms with Gasteiger partial charge in [-0.15, -0.1) is 0 Å². The molecule has 0 aliphatic rings. The second kappa shape index (κ2) is 28.9. The van der Waals surface area contributed by atoms with Gasteiger partial charge in [0.05, 0.1) is 6.61 Å². The van der Waals surface area contributed by atoms with Crippen molar-refractivity contribution in [2.75, 3.05) is 6.61 Å². The molecule has 4 nitrogen and oxygen atoms in total. The molecule has 226 valence electrons. The van der Waals surface area contributed by atoms with Crippen LogP contribution in [0.15, 0.2) is 0 Å². The Balaban J connectivity index is 3.28. The molecular weight excluding hydrogens is 472 g/mol. The Morgan fingerprint density at radius 1 is 0.553 bits per heavy atom. The van der Waals surface area contributed by atoms with Crippen LogP contribution in [0.3, 0.4) is 0 Å². The summed E-state index contributed by atoms with van der Waals surface area (Å²) in [5.41, 5.74) is 0. The fourth-order valence-electron chi connectivity index (χ4n) is 5.41. The summed E-state index contributed by atoms with van der Waals surface area (Å²) in [6.45, 7) is 7.14. The minimum absolute atomic E-state index is 0.00626. The molecule has 0 spiro atoms. The van der Waals surface area contributed by atoms with Gasteiger partial charge in [-0.2, -0.15) is 0 Å². The fraction of sp³-hybridized carbons (Fsp3) is 0.941. The molecule has 0 aliphatic heterocycles. The maximum absolute atomic E-state index is 11.9. The first-order valence-electron chi connectivity index (χ1n) is 16.9. The highest BCUT2D eigenvalue weighted by Gasteiger charge is 2.11. The van der Waals surface area contributed by atoms with Gasteiger partial charge in [-0.3, -0.25) is 9.59 Å². The van der Waals surface area contributed by atoms with Gasteiger partial charge in [-0.1, -0.05) is 156 Å². The van der Waals surface area contributed by atoms with E-state index < -0.39 is 5.97 Å². The van der Waals surface area contributed by atoms with E-state index >= 15 is 0 Å². The first kappa shape index (κ1) is 36.9. The van der Waals surface area contributed by atoms with Crippen molar-refractivity contribution in [3.8, 4) is 0 Å². The molecule has 2 atom stereocenters. The van der Waals surface area contributed by atoms with Crippen LogP contribution < -0.4 is 0 Å². The van der Waals surface area contributed by atoms with Crippen LogP contribution in [0, 0.1) is 11.8 Å². The monoisotopic (exact) mass is 538 g/mol. The van der Waals surface area contributed by atoms with E-state index in [4.69, 9.17) is 9.84 Å². The second-order valence-electron chi connectivity index (χ2n) is 11.9. The number of carbonyl (C=O) groups is 2. The standard InChI is InChI=1S/C34H66O4/c1-4-7-26-32(6-3)30-38-34(37)28-25-23-21-19-17-15-13-11-9-8-10-12-14-16-18-20-22-24-27-31(5-2)29-33(35)36/h31-32H,4-30H2,1-3H3,(H,35,36). The van der Waals surface area contributed by atoms with Crippen LogP contribution in [0.4, 0.5) is 0 Å². The molecule has 0 fully saturated rings. The third-order valence-corrected chi connectivity index (χ3v) is 8.31. The summed E-state index contributed by atoms with van der Waals surface area (Å²) in [6.07, 6.45) is 31.4. The Hall–Kier alpha value is -1.06. The summed E-state index contributed by atoms with van der Waals surface area (Å²) in [4.78, 5) is 22.8. The molecule has 0 radical (unpaired) electrons. The van der Waals surface area contributed by atoms with Crippen molar-refractivity contribution in [3.05, 3.63) is 0 Å². The van der Waals surface area contributed by atoms with Crippen molar-refractivity contribution < 1.29 is 19.4 Å². The number of carboxylic acids is 1. The SMILES string of the molecule is CCCCC(CC)COC(=O)CCCCCCCCCCCCCCCCCCCCC(CC)CC(=O)O. The largest absolute Gasteiger partial charge is 0.481 e. The number of ether oxygens (including phenoxy) is 1. The van der Waals surface area contributed by atoms with Crippen molar-refractivity contribution >= 4 is 11.9 Å². The summed E-state index contributed by atoms with van der Waals surface area (Å²) in [6, 6.07) is 0. The zero-order valence-electron chi connectivity index (χ0n) is 25.9. The number of hydrogen-bond donors (Lipinski definition) is 1. The van der Waals surface area contributed by atoms with Crippen molar-refractivity contribution in [3.63, 3.8) is 0 Å². The maximum atomic E-state index is 11.9. The van der Waals surface area contributed by atoms with Crippen LogP contribution in [0.25, 0.3) is 0 Å². The van der Waals surface area contributed by atoms with Gasteiger partial charge in [0.25, 0.3) is 0 Å². The van der Waals surface area contributed by atoms with Gasteiger partial charge < -0.3 is 9.84 Å². The van der Waals surface area contributed by atoms with E-state index in [1.807, 2.05) is 0 Å². The minimum Gasteiger partial charge on any atom is -0.481 e. The van der Waals surface area contributed by atoms with Crippen molar-refractivity contribution in [1.82, 2.24) is 0 Å². The molecule has 0 saturated heterocycles. The molecule has 0 amide bonds. The van der Waals surface area contributed by atoms with Crippen molar-refractivity contribution in [2.45, 2.75) is 188 Å². The first-order valence-corrected chi connectivity index (χ1v) is 16.9. The number of hydrogen-bond acceptors (Lipinski definition) is 3. The zero-order valence-corrected chi connectivity index (χ0v) is 25.9. The molecule has 0 aromatic rings. The van der Waals surface area contributed by atoms with E-state index in [2.05, 4.69) is 20.8 Å². The molecule has 0 aromatic heterocycles. The van der Waals surface area contributed by atoms with E-state index in [0.29, 0.717) is 31.3 Å². The Kier molecular flexibility index (Phi) is 28.1. The predicted octanol–water partition coefficient (Wildman–Crippen LogP) is 11.0. The lowest BCUT2D eigenvalue weighted by molar-refractivity contribution is -0.145. The zero-order chi connectivity index (χ0) is 28.1. The molecule has 4 heteroatoms. The van der Waals surface area contributed by atoms with E-state index in [9.17, 15) is 9.59 Å². The fourth-order valence-corrected chi connectivity index (χ4v) is 5.41. The second-order valence-corrected chi connectivity index (χ2v) is 11.9. The maximum Gasteiger partial charge on any atom is 0.305 e. The summed E-state index contributed by atoms with van der Waals surface area (Å²) in [5, 5.41) is 8.92. The summed E-state index contributed by atoms with van der Waals surface area (Å²) >= 11 is 0. The van der Waals surface area contributed by atoms with Gasteiger partial charge in [0.2, 0.25) is 0 Å². The molecule has 0 bridgehead atoms. The normalized spacial score (nSPS) is 12.9. The highest BCUT2D eigenvalue weighted by atomic mass is 16.5. The van der Waals surface area contributed by atoms with Crippen LogP contribution in [-0.4, -0.2) is 23.7 Å². The number of carboxylic acid groups (broad SMARTS) is 1. The average molecular weight is 539 g/mol. The lowest BCUT2D eigenvalue weighted by Gasteiger charge is -2.14. The molecule has 0 saturated carbocycles. The molecule has 0 heterocycles. The Bertz CT molecular complexity index is 519. The van der Waals surface area contributed by atoms with E-state index in [-0.39, 0.29) is 5.97 Å². The minimum atomic E-state index is -0.645. The lowest BCUT2D eigenvalue weighted by atomic mass is 9.95. The van der Waals surface area contributed by atoms with Gasteiger partial charge in [0, 0.05) is 12.8 Å². The van der Waals surface area contributed by atoms with Crippen LogP contribution in [0.5, 0.6) is 0 Å². The Morgan fingerprint density at radius 3 is 1.34 bits per heavy atom. The molecular formula is C34H66O4. The van der Waals surface area contributed by atoms with E-state index in [1.54, 1.807) is 0 Å². The summed E-state index contributed by atoms with van der Waals surface area (Å²) < 4.78 is 5.49. The van der Waals surface area contributed by atoms with Crippen LogP contribution in [-0.2, 0) is 14.3 Å². The number of unbranched alkanes of at least 4 members (excludes halogenated alkanes) is 18. The van der Waals surface area contributed by atoms with Gasteiger partial charge in [-0.05, 0) is 31.1 Å². The smallest absolute Gasteiger partial charge is 0.305 e. The highest BCUT2D eigenvalue weighted by Crippen LogP contribution is 2.19. The summed E-state index contributed by atoms with van der Waals surface area (Å²) in [5.74, 6) is 0.282. The summed E-state index contributed by atoms with van der Waals surface area (Å²) in [7, 11) is 0. The van der Waals surface area contributed by atoms with Crippen molar-refractivity contribution in [1.29, 1.82) is 0 Å². The van der Waals surface area contributed by atoms with Crippen LogP contribution >= 0.6 is 0 Å². The number of carbonyl (C=O) groups excluding carboxylic acids is 1. The van der Waals surface area contributed by atoms with Gasteiger partial charge in [0.1, 0.15) is 0 Å². The van der Waals surface area contributed by atoms with E-state index in [0.717, 1.165) is 32.1 Å². The first-order chi connectivity index (χ1) is 18.5. The third kappa shape index (κ3) is 26.5. The number of aliphatic carboxylic acids is 1. The quantitative estimate of drug-likeness (QED) is 0.0729. The average Bonchev–Trinajstić information content (AvgIpc) is 2.91. The lowest BCUT2D eigenvalue weighted by Crippen LogP contribution is -2.13. The van der Waals surface area contributed by atoms with Gasteiger partial charge >= 0.3 is 11.9 Å². The molecule has 1 N–H and O–H groups in total. The predicted molar refractivity (Wildman–Crippen MR) is 163 cm³/mol.